The van der Waals surface area contributed by atoms with Gasteiger partial charge in [0.1, 0.15) is 0 Å². The van der Waals surface area contributed by atoms with Crippen LogP contribution in [0.15, 0.2) is 83.0 Å². The molecule has 0 spiro atoms. The summed E-state index contributed by atoms with van der Waals surface area (Å²) in [6.07, 6.45) is 3.55. The second-order valence-electron chi connectivity index (χ2n) is 5.34. The Kier molecular flexibility index (Phi) is 3.60. The molecule has 2 aromatic heterocycles. The predicted molar refractivity (Wildman–Crippen MR) is 94.2 cm³/mol. The lowest BCUT2D eigenvalue weighted by molar-refractivity contribution is 0.887. The molecule has 2 aromatic carbocycles. The van der Waals surface area contributed by atoms with Crippen molar-refractivity contribution in [3.63, 3.8) is 0 Å². The molecule has 4 aromatic rings. The minimum Gasteiger partial charge on any atom is -0.272 e. The summed E-state index contributed by atoms with van der Waals surface area (Å²) in [6.45, 7) is 2.10. The maximum absolute atomic E-state index is 4.43. The van der Waals surface area contributed by atoms with E-state index in [1.807, 2.05) is 12.1 Å². The predicted octanol–water partition coefficient (Wildman–Crippen LogP) is 4.88. The van der Waals surface area contributed by atoms with Crippen LogP contribution in [-0.4, -0.2) is 14.5 Å². The Morgan fingerprint density at radius 1 is 0.870 bits per heavy atom. The van der Waals surface area contributed by atoms with Crippen molar-refractivity contribution >= 4 is 22.7 Å². The molecule has 0 fully saturated rings. The van der Waals surface area contributed by atoms with Crippen LogP contribution in [-0.2, 0) is 0 Å². The lowest BCUT2D eigenvalue weighted by Crippen LogP contribution is -2.00. The van der Waals surface area contributed by atoms with E-state index in [0.29, 0.717) is 5.95 Å². The van der Waals surface area contributed by atoms with Gasteiger partial charge in [0.2, 0.25) is 5.95 Å². The minimum absolute atomic E-state index is 0.698. The summed E-state index contributed by atoms with van der Waals surface area (Å²) in [7, 11) is 0. The van der Waals surface area contributed by atoms with Crippen molar-refractivity contribution in [3.05, 3.63) is 78.6 Å². The smallest absolute Gasteiger partial charge is 0.234 e. The molecule has 0 radical (unpaired) electrons. The van der Waals surface area contributed by atoms with E-state index in [1.54, 1.807) is 24.2 Å². The van der Waals surface area contributed by atoms with E-state index in [4.69, 9.17) is 0 Å². The minimum atomic E-state index is 0.698. The number of aromatic nitrogens is 3. The first-order valence-corrected chi connectivity index (χ1v) is 8.25. The van der Waals surface area contributed by atoms with E-state index in [1.165, 1.54) is 15.8 Å². The summed E-state index contributed by atoms with van der Waals surface area (Å²) in [5.41, 5.74) is 2.38. The molecule has 0 saturated carbocycles. The summed E-state index contributed by atoms with van der Waals surface area (Å²) < 4.78 is 2.11. The Labute approximate surface area is 139 Å². The van der Waals surface area contributed by atoms with E-state index in [0.717, 1.165) is 10.5 Å². The molecule has 0 atom stereocenters. The third-order valence-corrected chi connectivity index (χ3v) is 4.69. The van der Waals surface area contributed by atoms with Gasteiger partial charge in [0.15, 0.2) is 0 Å². The fraction of sp³-hybridized carbons (Fsp3) is 0.0526. The average molecular weight is 317 g/mol. The van der Waals surface area contributed by atoms with E-state index in [2.05, 4.69) is 70.0 Å². The fourth-order valence-corrected chi connectivity index (χ4v) is 3.52. The molecule has 0 amide bonds. The van der Waals surface area contributed by atoms with Crippen molar-refractivity contribution in [2.75, 3.05) is 0 Å². The third-order valence-electron chi connectivity index (χ3n) is 3.67. The number of fused-ring (bicyclic) bond motifs is 1. The van der Waals surface area contributed by atoms with E-state index < -0.39 is 0 Å². The normalized spacial score (nSPS) is 11.0. The first kappa shape index (κ1) is 14.0. The molecular formula is C19H15N3S. The molecule has 0 N–H and O–H groups in total. The maximum Gasteiger partial charge on any atom is 0.234 e. The summed E-state index contributed by atoms with van der Waals surface area (Å²) >= 11 is 1.73. The number of aryl methyl sites for hydroxylation is 1. The van der Waals surface area contributed by atoms with Crippen molar-refractivity contribution in [1.82, 2.24) is 14.5 Å². The first-order valence-electron chi connectivity index (χ1n) is 7.44. The molecule has 0 unspecified atom stereocenters. The van der Waals surface area contributed by atoms with Gasteiger partial charge in [-0.2, -0.15) is 0 Å². The molecular weight excluding hydrogens is 302 g/mol. The summed E-state index contributed by atoms with van der Waals surface area (Å²) in [4.78, 5) is 10.1. The maximum atomic E-state index is 4.43. The van der Waals surface area contributed by atoms with Crippen LogP contribution in [0.4, 0.5) is 0 Å². The number of rotatable bonds is 3. The SMILES string of the molecule is Cc1ccc(Sc2cc3ccccc3n2-c2ncccn2)cc1. The molecule has 0 aliphatic carbocycles. The number of nitrogens with zero attached hydrogens (tertiary/aromatic N) is 3. The monoisotopic (exact) mass is 317 g/mol. The van der Waals surface area contributed by atoms with Crippen molar-refractivity contribution in [2.45, 2.75) is 16.8 Å². The molecule has 0 bridgehead atoms. The van der Waals surface area contributed by atoms with Crippen LogP contribution in [0.3, 0.4) is 0 Å². The van der Waals surface area contributed by atoms with Crippen molar-refractivity contribution < 1.29 is 0 Å². The van der Waals surface area contributed by atoms with Gasteiger partial charge in [-0.25, -0.2) is 9.97 Å². The standard InChI is InChI=1S/C19H15N3S/c1-14-7-9-16(10-8-14)23-18-13-15-5-2-3-6-17(15)22(18)19-20-11-4-12-21-19/h2-13H,1H3. The molecule has 2 heterocycles. The van der Waals surface area contributed by atoms with Gasteiger partial charge in [-0.05, 0) is 37.3 Å². The van der Waals surface area contributed by atoms with Crippen molar-refractivity contribution in [2.24, 2.45) is 0 Å². The Bertz CT molecular complexity index is 943. The molecule has 0 saturated heterocycles. The van der Waals surface area contributed by atoms with Crippen LogP contribution in [0, 0.1) is 6.92 Å². The summed E-state index contributed by atoms with van der Waals surface area (Å²) in [6, 6.07) is 20.9. The zero-order valence-electron chi connectivity index (χ0n) is 12.7. The number of hydrogen-bond donors (Lipinski definition) is 0. The Balaban J connectivity index is 1.87. The van der Waals surface area contributed by atoms with Crippen molar-refractivity contribution in [1.29, 1.82) is 0 Å². The second kappa shape index (κ2) is 5.89. The van der Waals surface area contributed by atoms with E-state index >= 15 is 0 Å². The highest BCUT2D eigenvalue weighted by Crippen LogP contribution is 2.34. The lowest BCUT2D eigenvalue weighted by atomic mass is 10.2. The molecule has 4 rings (SSSR count). The highest BCUT2D eigenvalue weighted by Gasteiger charge is 2.13. The van der Waals surface area contributed by atoms with Gasteiger partial charge in [-0.3, -0.25) is 4.57 Å². The Morgan fingerprint density at radius 3 is 2.39 bits per heavy atom. The van der Waals surface area contributed by atoms with Gasteiger partial charge in [0.25, 0.3) is 0 Å². The number of benzene rings is 2. The largest absolute Gasteiger partial charge is 0.272 e. The van der Waals surface area contributed by atoms with Gasteiger partial charge in [-0.15, -0.1) is 0 Å². The third kappa shape index (κ3) is 2.73. The van der Waals surface area contributed by atoms with Crippen LogP contribution < -0.4 is 0 Å². The number of hydrogen-bond acceptors (Lipinski definition) is 3. The van der Waals surface area contributed by atoms with Gasteiger partial charge in [-0.1, -0.05) is 47.7 Å². The average Bonchev–Trinajstić information content (AvgIpc) is 2.95. The molecule has 112 valence electrons. The van der Waals surface area contributed by atoms with Crippen LogP contribution >= 0.6 is 11.8 Å². The fourth-order valence-electron chi connectivity index (χ4n) is 2.54. The number of para-hydroxylation sites is 1. The zero-order valence-corrected chi connectivity index (χ0v) is 13.5. The highest BCUT2D eigenvalue weighted by atomic mass is 32.2. The zero-order chi connectivity index (χ0) is 15.6. The van der Waals surface area contributed by atoms with Gasteiger partial charge >= 0.3 is 0 Å². The topological polar surface area (TPSA) is 30.7 Å². The summed E-state index contributed by atoms with van der Waals surface area (Å²) in [5.74, 6) is 0.698. The summed E-state index contributed by atoms with van der Waals surface area (Å²) in [5, 5.41) is 2.30. The quantitative estimate of drug-likeness (QED) is 0.539. The molecule has 0 aliphatic heterocycles. The van der Waals surface area contributed by atoms with Gasteiger partial charge < -0.3 is 0 Å². The molecule has 3 nitrogen and oxygen atoms in total. The van der Waals surface area contributed by atoms with Crippen molar-refractivity contribution in [3.8, 4) is 5.95 Å². The first-order chi connectivity index (χ1) is 11.3. The van der Waals surface area contributed by atoms with Crippen LogP contribution in [0.2, 0.25) is 0 Å². The van der Waals surface area contributed by atoms with E-state index in [9.17, 15) is 0 Å². The van der Waals surface area contributed by atoms with Crippen LogP contribution in [0.1, 0.15) is 5.56 Å². The van der Waals surface area contributed by atoms with Gasteiger partial charge in [0.05, 0.1) is 10.5 Å². The highest BCUT2D eigenvalue weighted by molar-refractivity contribution is 7.99. The van der Waals surface area contributed by atoms with Gasteiger partial charge in [0, 0.05) is 22.7 Å². The Morgan fingerprint density at radius 2 is 1.61 bits per heavy atom. The molecule has 23 heavy (non-hydrogen) atoms. The molecule has 4 heteroatoms. The van der Waals surface area contributed by atoms with E-state index in [-0.39, 0.29) is 0 Å². The lowest BCUT2D eigenvalue weighted by Gasteiger charge is -2.08. The van der Waals surface area contributed by atoms with Crippen LogP contribution in [0.25, 0.3) is 16.9 Å². The van der Waals surface area contributed by atoms with Crippen LogP contribution in [0.5, 0.6) is 0 Å². The Hall–Kier alpha value is -2.59. The second-order valence-corrected chi connectivity index (χ2v) is 6.43. The molecule has 0 aliphatic rings.